The average molecular weight is 1580 g/mol. The fourth-order valence-corrected chi connectivity index (χ4v) is 13.6. The van der Waals surface area contributed by atoms with Crippen molar-refractivity contribution in [1.29, 1.82) is 0 Å². The Bertz CT molecular complexity index is 4810. The molecular weight excluding hydrogens is 1480 g/mol. The zero-order valence-corrected chi connectivity index (χ0v) is 66.8. The van der Waals surface area contributed by atoms with Crippen LogP contribution < -0.4 is 30.2 Å². The van der Waals surface area contributed by atoms with Crippen LogP contribution in [-0.2, 0) is 50.4 Å². The molecule has 568 valence electrons. The first-order chi connectivity index (χ1) is 52.7. The highest BCUT2D eigenvalue weighted by Crippen LogP contribution is 2.45. The summed E-state index contributed by atoms with van der Waals surface area (Å²) in [6, 6.07) is 58.0. The fraction of sp³-hybridized carbons (Fsp3) is 0.322. The number of halogens is 1. The number of rotatable bonds is 29. The topological polar surface area (TPSA) is 223 Å². The summed E-state index contributed by atoms with van der Waals surface area (Å²) in [6.07, 6.45) is 3.54. The smallest absolute Gasteiger partial charge is 0.274 e. The highest BCUT2D eigenvalue weighted by atomic mass is 127. The zero-order chi connectivity index (χ0) is 77.5. The lowest BCUT2D eigenvalue weighted by atomic mass is 9.92. The largest absolute Gasteiger partial charge is 0.488 e. The molecule has 12 rings (SSSR count). The molecule has 109 heavy (non-hydrogen) atoms. The van der Waals surface area contributed by atoms with E-state index in [0.717, 1.165) is 120 Å². The molecule has 1 fully saturated rings. The number of ether oxygens (including phenoxy) is 4. The third kappa shape index (κ3) is 21.7. The third-order valence-electron chi connectivity index (χ3n) is 18.4. The van der Waals surface area contributed by atoms with Crippen LogP contribution in [0.4, 0.5) is 0 Å². The first-order valence-electron chi connectivity index (χ1n) is 37.6. The van der Waals surface area contributed by atoms with Crippen molar-refractivity contribution in [3.05, 3.63) is 258 Å². The van der Waals surface area contributed by atoms with Gasteiger partial charge in [-0.05, 0) is 204 Å². The van der Waals surface area contributed by atoms with Gasteiger partial charge in [0, 0.05) is 44.8 Å². The summed E-state index contributed by atoms with van der Waals surface area (Å²) in [7, 11) is 0. The Balaban J connectivity index is 0.000000177. The summed E-state index contributed by atoms with van der Waals surface area (Å²) in [5.74, 6) is 4.25. The molecule has 1 saturated heterocycles. The highest BCUT2D eigenvalue weighted by Gasteiger charge is 2.31. The Morgan fingerprint density at radius 2 is 0.798 bits per heavy atom. The molecule has 0 unspecified atom stereocenters. The summed E-state index contributed by atoms with van der Waals surface area (Å²) in [4.78, 5) is 52.1. The Hall–Kier alpha value is -10.5. The number of benzene rings is 8. The zero-order valence-electron chi connectivity index (χ0n) is 64.6. The lowest BCUT2D eigenvalue weighted by molar-refractivity contribution is 0.0342. The summed E-state index contributed by atoms with van der Waals surface area (Å²) in [6.45, 7) is 32.1. The number of morpholine rings is 1. The fourth-order valence-electron chi connectivity index (χ4n) is 12.9. The lowest BCUT2D eigenvalue weighted by Crippen LogP contribution is -2.35. The number of aryl methyl sites for hydroxylation is 3. The molecule has 0 atom stereocenters. The molecule has 18 nitrogen and oxygen atoms in total. The van der Waals surface area contributed by atoms with Crippen LogP contribution in [0.1, 0.15) is 160 Å². The van der Waals surface area contributed by atoms with Gasteiger partial charge in [0.15, 0.2) is 34.4 Å². The van der Waals surface area contributed by atoms with Crippen LogP contribution in [-0.4, -0.2) is 90.3 Å². The molecule has 4 heterocycles. The van der Waals surface area contributed by atoms with E-state index in [1.165, 1.54) is 27.8 Å². The molecule has 1 aliphatic heterocycles. The van der Waals surface area contributed by atoms with Gasteiger partial charge in [-0.3, -0.25) is 24.1 Å². The average Bonchev–Trinajstić information content (AvgIpc) is 1.64. The molecule has 0 radical (unpaired) electrons. The third-order valence-corrected chi connectivity index (χ3v) is 19.4. The Kier molecular flexibility index (Phi) is 29.4. The summed E-state index contributed by atoms with van der Waals surface area (Å²) < 4.78 is 42.7. The number of amides is 3. The van der Waals surface area contributed by atoms with Crippen molar-refractivity contribution in [3.8, 4) is 73.5 Å². The Morgan fingerprint density at radius 3 is 1.16 bits per heavy atom. The maximum atomic E-state index is 13.2. The molecule has 3 N–H and O–H groups in total. The van der Waals surface area contributed by atoms with Crippen LogP contribution in [0.15, 0.2) is 189 Å². The number of carbonyl (C=O) groups excluding carboxylic acids is 4. The van der Waals surface area contributed by atoms with Gasteiger partial charge in [0.25, 0.3) is 17.7 Å². The minimum atomic E-state index is -0.326. The maximum Gasteiger partial charge on any atom is 0.274 e. The van der Waals surface area contributed by atoms with E-state index in [-0.39, 0.29) is 29.1 Å². The lowest BCUT2D eigenvalue weighted by Gasteiger charge is -2.26. The van der Waals surface area contributed by atoms with E-state index >= 15 is 0 Å². The van der Waals surface area contributed by atoms with Crippen molar-refractivity contribution in [2.75, 3.05) is 45.9 Å². The van der Waals surface area contributed by atoms with E-state index in [9.17, 15) is 19.2 Å². The van der Waals surface area contributed by atoms with Crippen molar-refractivity contribution in [1.82, 2.24) is 36.3 Å². The van der Waals surface area contributed by atoms with Crippen molar-refractivity contribution < 1.29 is 51.7 Å². The number of hydrogen-bond donors (Lipinski definition) is 3. The minimum Gasteiger partial charge on any atom is -0.488 e. The number of aromatic nitrogens is 3. The SMILES string of the molecule is CCNC(=O)c1noc(-c2cc(CC(C)C)c(C)cc2OCc2ccccc2)c1-c1ccc(C=O)cc1.CCNC(=O)c1noc(-c2cc(CC(C)C)c(C)cc2OCc2ccccc2)c1-c1ccc(CN2CCOCC2)cc1.CCNC(=O)c1noc(-c2cc(CC(C)C)c(C)cc2OCc2ccccc2)c1I. The standard InChI is InChI=1S/C35H41N3O4.C31H32N2O4.C24H27IN2O3/c1-5-36-35(39)33-32(28-13-11-26(12-14-28)22-38-15-17-40-18-16-38)34(42-37-33)30-21-29(19-24(2)3)25(4)20-31(30)41-23-27-9-7-6-8-10-27;1-5-32-31(35)29-28(24-13-11-22(18-34)12-14-24)30(37-33-29)26-17-25(15-20(2)3)21(4)16-27(26)36-19-23-9-7-6-8-10-23;1-5-26-24(28)22-21(25)23(30-27-22)19-13-18(11-15(2)3)16(4)12-20(19)29-14-17-9-7-6-8-10-17/h6-14,20-21,24H,5,15-19,22-23H2,1-4H3,(H,36,39);6-14,16-18,20H,5,15,19H2,1-4H3,(H,32,35);6-10,12-13,15H,5,11,14H2,1-4H3,(H,26,28). The summed E-state index contributed by atoms with van der Waals surface area (Å²) in [5, 5.41) is 21.0. The van der Waals surface area contributed by atoms with E-state index in [1.54, 1.807) is 24.3 Å². The van der Waals surface area contributed by atoms with Crippen LogP contribution in [0.25, 0.3) is 56.2 Å². The van der Waals surface area contributed by atoms with E-state index in [2.05, 4.69) is 176 Å². The van der Waals surface area contributed by atoms with Crippen molar-refractivity contribution in [2.24, 2.45) is 17.8 Å². The van der Waals surface area contributed by atoms with Crippen molar-refractivity contribution >= 4 is 46.6 Å². The first-order valence-corrected chi connectivity index (χ1v) is 38.7. The molecular formula is C90H100IN7O11. The molecule has 0 saturated carbocycles. The predicted octanol–water partition coefficient (Wildman–Crippen LogP) is 19.1. The first kappa shape index (κ1) is 81.0. The molecule has 11 aromatic rings. The van der Waals surface area contributed by atoms with Gasteiger partial charge in [-0.1, -0.05) is 197 Å². The van der Waals surface area contributed by atoms with E-state index in [4.69, 9.17) is 32.5 Å². The van der Waals surface area contributed by atoms with Gasteiger partial charge in [-0.2, -0.15) is 0 Å². The minimum absolute atomic E-state index is 0.190. The van der Waals surface area contributed by atoms with E-state index in [1.807, 2.05) is 118 Å². The maximum absolute atomic E-state index is 13.2. The second-order valence-electron chi connectivity index (χ2n) is 28.5. The molecule has 0 bridgehead atoms. The Morgan fingerprint density at radius 1 is 0.459 bits per heavy atom. The molecule has 3 amide bonds. The monoisotopic (exact) mass is 1580 g/mol. The van der Waals surface area contributed by atoms with Gasteiger partial charge in [0.1, 0.15) is 43.4 Å². The number of nitrogens with one attached hydrogen (secondary N) is 3. The highest BCUT2D eigenvalue weighted by molar-refractivity contribution is 14.1. The normalized spacial score (nSPS) is 12.1. The van der Waals surface area contributed by atoms with Gasteiger partial charge in [-0.15, -0.1) is 0 Å². The van der Waals surface area contributed by atoms with Gasteiger partial charge in [0.05, 0.1) is 44.6 Å². The molecule has 1 aliphatic rings. The van der Waals surface area contributed by atoms with Gasteiger partial charge in [-0.25, -0.2) is 0 Å². The van der Waals surface area contributed by atoms with Crippen LogP contribution in [0.3, 0.4) is 0 Å². The number of hydrogen-bond acceptors (Lipinski definition) is 15. The van der Waals surface area contributed by atoms with Crippen molar-refractivity contribution in [3.63, 3.8) is 0 Å². The number of nitrogens with zero attached hydrogens (tertiary/aromatic N) is 4. The predicted molar refractivity (Wildman–Crippen MR) is 437 cm³/mol. The molecule has 0 spiro atoms. The number of aldehydes is 1. The summed E-state index contributed by atoms with van der Waals surface area (Å²) >= 11 is 2.12. The summed E-state index contributed by atoms with van der Waals surface area (Å²) in [5.41, 5.74) is 18.0. The molecule has 8 aromatic carbocycles. The molecule has 0 aliphatic carbocycles. The Labute approximate surface area is 654 Å². The van der Waals surface area contributed by atoms with E-state index in [0.29, 0.717) is 112 Å². The van der Waals surface area contributed by atoms with Crippen LogP contribution in [0.2, 0.25) is 0 Å². The van der Waals surface area contributed by atoms with Crippen LogP contribution >= 0.6 is 22.6 Å². The van der Waals surface area contributed by atoms with Gasteiger partial charge in [0.2, 0.25) is 0 Å². The second-order valence-corrected chi connectivity index (χ2v) is 29.6. The number of carbonyl (C=O) groups is 4. The molecule has 3 aromatic heterocycles. The second kappa shape index (κ2) is 39.6. The van der Waals surface area contributed by atoms with Crippen LogP contribution in [0.5, 0.6) is 17.2 Å². The van der Waals surface area contributed by atoms with E-state index < -0.39 is 0 Å². The van der Waals surface area contributed by atoms with Crippen LogP contribution in [0, 0.1) is 42.1 Å². The van der Waals surface area contributed by atoms with Crippen molar-refractivity contribution in [2.45, 2.75) is 129 Å². The quantitative estimate of drug-likeness (QED) is 0.0293. The molecule has 19 heteroatoms. The van der Waals surface area contributed by atoms with Gasteiger partial charge >= 0.3 is 0 Å². The van der Waals surface area contributed by atoms with Gasteiger partial charge < -0.3 is 48.5 Å².